The molecule has 0 aliphatic heterocycles. The highest BCUT2D eigenvalue weighted by atomic mass is 32.1. The molecule has 5 heteroatoms. The summed E-state index contributed by atoms with van der Waals surface area (Å²) in [7, 11) is 0. The fourth-order valence-corrected chi connectivity index (χ4v) is 3.13. The maximum absolute atomic E-state index is 13.5. The average Bonchev–Trinajstić information content (AvgIpc) is 2.84. The van der Waals surface area contributed by atoms with Crippen molar-refractivity contribution < 1.29 is 4.39 Å². The van der Waals surface area contributed by atoms with Gasteiger partial charge in [0.1, 0.15) is 5.82 Å². The van der Waals surface area contributed by atoms with Crippen molar-refractivity contribution in [2.45, 2.75) is 39.2 Å². The van der Waals surface area contributed by atoms with Crippen LogP contribution >= 0.6 is 11.5 Å². The molecule has 0 aliphatic rings. The molecule has 0 fully saturated rings. The number of hydrogen-bond acceptors (Lipinski definition) is 4. The van der Waals surface area contributed by atoms with E-state index in [0.717, 1.165) is 22.7 Å². The van der Waals surface area contributed by atoms with Crippen LogP contribution in [0.3, 0.4) is 0 Å². The number of halogens is 1. The number of benzene rings is 1. The maximum atomic E-state index is 13.5. The molecule has 1 heterocycles. The van der Waals surface area contributed by atoms with Crippen LogP contribution in [0.1, 0.15) is 49.9 Å². The van der Waals surface area contributed by atoms with Gasteiger partial charge in [-0.15, -0.1) is 5.10 Å². The Morgan fingerprint density at radius 2 is 2.10 bits per heavy atom. The van der Waals surface area contributed by atoms with Crippen LogP contribution in [0.2, 0.25) is 0 Å². The number of aromatic nitrogens is 2. The van der Waals surface area contributed by atoms with Crippen LogP contribution in [-0.2, 0) is 5.41 Å². The predicted molar refractivity (Wildman–Crippen MR) is 80.5 cm³/mol. The van der Waals surface area contributed by atoms with Crippen molar-refractivity contribution in [3.05, 3.63) is 46.2 Å². The summed E-state index contributed by atoms with van der Waals surface area (Å²) in [6.45, 7) is 9.17. The van der Waals surface area contributed by atoms with E-state index in [1.165, 1.54) is 17.6 Å². The van der Waals surface area contributed by atoms with Gasteiger partial charge in [0.05, 0.1) is 16.6 Å². The minimum atomic E-state index is -0.222. The van der Waals surface area contributed by atoms with Gasteiger partial charge in [-0.25, -0.2) is 4.39 Å². The molecule has 20 heavy (non-hydrogen) atoms. The van der Waals surface area contributed by atoms with E-state index in [0.29, 0.717) is 0 Å². The van der Waals surface area contributed by atoms with Crippen LogP contribution in [0.25, 0.3) is 0 Å². The summed E-state index contributed by atoms with van der Waals surface area (Å²) >= 11 is 1.38. The van der Waals surface area contributed by atoms with Gasteiger partial charge < -0.3 is 5.32 Å². The number of hydrogen-bond donors (Lipinski definition) is 1. The van der Waals surface area contributed by atoms with Gasteiger partial charge in [0.2, 0.25) is 0 Å². The molecule has 108 valence electrons. The zero-order valence-corrected chi connectivity index (χ0v) is 13.1. The molecule has 0 saturated carbocycles. The lowest BCUT2D eigenvalue weighted by molar-refractivity contribution is 0.541. The van der Waals surface area contributed by atoms with Gasteiger partial charge in [0.15, 0.2) is 0 Å². The van der Waals surface area contributed by atoms with Crippen molar-refractivity contribution in [2.75, 3.05) is 6.54 Å². The minimum absolute atomic E-state index is 0.0649. The van der Waals surface area contributed by atoms with Gasteiger partial charge >= 0.3 is 0 Å². The Morgan fingerprint density at radius 1 is 1.35 bits per heavy atom. The third kappa shape index (κ3) is 3.22. The van der Waals surface area contributed by atoms with Crippen molar-refractivity contribution >= 4 is 11.5 Å². The summed E-state index contributed by atoms with van der Waals surface area (Å²) < 4.78 is 17.6. The van der Waals surface area contributed by atoms with E-state index in [9.17, 15) is 4.39 Å². The first-order chi connectivity index (χ1) is 9.43. The quantitative estimate of drug-likeness (QED) is 0.934. The fraction of sp³-hybridized carbons (Fsp3) is 0.467. The van der Waals surface area contributed by atoms with Crippen molar-refractivity contribution in [1.29, 1.82) is 0 Å². The van der Waals surface area contributed by atoms with Crippen LogP contribution in [0.4, 0.5) is 4.39 Å². The summed E-state index contributed by atoms with van der Waals surface area (Å²) in [6.07, 6.45) is 0. The molecular weight excluding hydrogens is 273 g/mol. The topological polar surface area (TPSA) is 37.8 Å². The van der Waals surface area contributed by atoms with E-state index in [1.54, 1.807) is 12.1 Å². The van der Waals surface area contributed by atoms with Crippen LogP contribution in [0.15, 0.2) is 24.3 Å². The Kier molecular flexibility index (Phi) is 4.50. The molecule has 1 unspecified atom stereocenters. The zero-order chi connectivity index (χ0) is 14.8. The minimum Gasteiger partial charge on any atom is -0.306 e. The van der Waals surface area contributed by atoms with Crippen molar-refractivity contribution in [2.24, 2.45) is 0 Å². The predicted octanol–water partition coefficient (Wildman–Crippen LogP) is 3.67. The lowest BCUT2D eigenvalue weighted by Crippen LogP contribution is -2.25. The molecule has 0 spiro atoms. The molecule has 1 N–H and O–H groups in total. The van der Waals surface area contributed by atoms with E-state index in [1.807, 2.05) is 13.0 Å². The molecule has 0 aliphatic carbocycles. The van der Waals surface area contributed by atoms with Gasteiger partial charge in [0.25, 0.3) is 0 Å². The zero-order valence-electron chi connectivity index (χ0n) is 12.3. The van der Waals surface area contributed by atoms with Crippen LogP contribution in [0.5, 0.6) is 0 Å². The van der Waals surface area contributed by atoms with Gasteiger partial charge in [-0.3, -0.25) is 0 Å². The highest BCUT2D eigenvalue weighted by Crippen LogP contribution is 2.33. The standard InChI is InChI=1S/C15H20FN3S/c1-5-17-12(10-7-6-8-11(16)9-10)13-14(15(2,3)4)18-19-20-13/h6-9,12,17H,5H2,1-4H3. The smallest absolute Gasteiger partial charge is 0.123 e. The molecule has 1 aromatic carbocycles. The number of nitrogens with one attached hydrogen (secondary N) is 1. The Bertz CT molecular complexity index is 574. The van der Waals surface area contributed by atoms with Crippen LogP contribution in [0, 0.1) is 5.82 Å². The molecule has 3 nitrogen and oxygen atoms in total. The highest BCUT2D eigenvalue weighted by Gasteiger charge is 2.27. The van der Waals surface area contributed by atoms with Crippen molar-refractivity contribution in [1.82, 2.24) is 14.9 Å². The van der Waals surface area contributed by atoms with Gasteiger partial charge in [0, 0.05) is 5.41 Å². The molecule has 2 aromatic rings. The summed E-state index contributed by atoms with van der Waals surface area (Å²) in [4.78, 5) is 1.06. The number of rotatable bonds is 4. The molecule has 0 bridgehead atoms. The number of nitrogens with zero attached hydrogens (tertiary/aromatic N) is 2. The summed E-state index contributed by atoms with van der Waals surface area (Å²) in [5.74, 6) is -0.222. The monoisotopic (exact) mass is 293 g/mol. The first-order valence-electron chi connectivity index (χ1n) is 6.75. The van der Waals surface area contributed by atoms with E-state index < -0.39 is 0 Å². The lowest BCUT2D eigenvalue weighted by Gasteiger charge is -2.22. The first kappa shape index (κ1) is 15.1. The highest BCUT2D eigenvalue weighted by molar-refractivity contribution is 7.05. The van der Waals surface area contributed by atoms with Crippen molar-refractivity contribution in [3.63, 3.8) is 0 Å². The fourth-order valence-electron chi connectivity index (χ4n) is 2.16. The second kappa shape index (κ2) is 5.97. The Morgan fingerprint density at radius 3 is 2.70 bits per heavy atom. The SMILES string of the molecule is CCNC(c1cccc(F)c1)c1snnc1C(C)(C)C. The lowest BCUT2D eigenvalue weighted by atomic mass is 9.89. The summed E-state index contributed by atoms with van der Waals surface area (Å²) in [6, 6.07) is 6.63. The third-order valence-electron chi connectivity index (χ3n) is 3.08. The van der Waals surface area contributed by atoms with E-state index in [4.69, 9.17) is 0 Å². The summed E-state index contributed by atoms with van der Waals surface area (Å²) in [5, 5.41) is 7.68. The maximum Gasteiger partial charge on any atom is 0.123 e. The van der Waals surface area contributed by atoms with E-state index in [-0.39, 0.29) is 17.3 Å². The molecule has 1 atom stereocenters. The molecule has 0 radical (unpaired) electrons. The molecule has 2 rings (SSSR count). The molecular formula is C15H20FN3S. The van der Waals surface area contributed by atoms with Crippen molar-refractivity contribution in [3.8, 4) is 0 Å². The van der Waals surface area contributed by atoms with Gasteiger partial charge in [-0.05, 0) is 35.8 Å². The van der Waals surface area contributed by atoms with Crippen LogP contribution < -0.4 is 5.32 Å². The molecule has 0 saturated heterocycles. The first-order valence-corrected chi connectivity index (χ1v) is 7.52. The summed E-state index contributed by atoms with van der Waals surface area (Å²) in [5.41, 5.74) is 1.80. The largest absolute Gasteiger partial charge is 0.306 e. The van der Waals surface area contributed by atoms with Crippen LogP contribution in [-0.4, -0.2) is 16.1 Å². The third-order valence-corrected chi connectivity index (χ3v) is 3.87. The second-order valence-corrected chi connectivity index (χ2v) is 6.57. The molecule has 0 amide bonds. The Hall–Kier alpha value is -1.33. The van der Waals surface area contributed by atoms with Gasteiger partial charge in [-0.2, -0.15) is 0 Å². The second-order valence-electron chi connectivity index (χ2n) is 5.78. The molecule has 1 aromatic heterocycles. The Balaban J connectivity index is 2.47. The van der Waals surface area contributed by atoms with Gasteiger partial charge in [-0.1, -0.05) is 44.3 Å². The Labute approximate surface area is 123 Å². The van der Waals surface area contributed by atoms with E-state index >= 15 is 0 Å². The average molecular weight is 293 g/mol. The normalized spacial score (nSPS) is 13.4. The van der Waals surface area contributed by atoms with E-state index in [2.05, 4.69) is 35.7 Å².